The molecule has 0 bridgehead atoms. The fourth-order valence-corrected chi connectivity index (χ4v) is 2.25. The third-order valence-corrected chi connectivity index (χ3v) is 3.36. The van der Waals surface area contributed by atoms with Gasteiger partial charge in [0.2, 0.25) is 0 Å². The summed E-state index contributed by atoms with van der Waals surface area (Å²) in [5, 5.41) is 0. The molecule has 0 amide bonds. The van der Waals surface area contributed by atoms with Crippen molar-refractivity contribution in [2.24, 2.45) is 5.41 Å². The monoisotopic (exact) mass is 296 g/mol. The number of esters is 2. The maximum Gasteiger partial charge on any atom is 0.323 e. The van der Waals surface area contributed by atoms with Gasteiger partial charge in [-0.05, 0) is 52.4 Å². The molecule has 0 aromatic rings. The summed E-state index contributed by atoms with van der Waals surface area (Å²) in [7, 11) is 0. The van der Waals surface area contributed by atoms with Crippen LogP contribution in [-0.4, -0.2) is 25.2 Å². The van der Waals surface area contributed by atoms with Gasteiger partial charge >= 0.3 is 11.9 Å². The molecule has 4 heteroatoms. The van der Waals surface area contributed by atoms with Crippen molar-refractivity contribution in [2.75, 3.05) is 13.2 Å². The molecule has 0 N–H and O–H groups in total. The number of carbonyl (C=O) groups excluding carboxylic acids is 2. The van der Waals surface area contributed by atoms with Crippen LogP contribution in [0.3, 0.4) is 0 Å². The Morgan fingerprint density at radius 2 is 1.29 bits per heavy atom. The summed E-state index contributed by atoms with van der Waals surface area (Å²) in [4.78, 5) is 24.8. The summed E-state index contributed by atoms with van der Waals surface area (Å²) in [6, 6.07) is 0. The molecule has 0 aromatic carbocycles. The lowest BCUT2D eigenvalue weighted by molar-refractivity contribution is -0.173. The van der Waals surface area contributed by atoms with E-state index in [0.717, 1.165) is 12.8 Å². The van der Waals surface area contributed by atoms with Crippen molar-refractivity contribution in [1.29, 1.82) is 0 Å². The van der Waals surface area contributed by atoms with Crippen LogP contribution < -0.4 is 0 Å². The molecule has 120 valence electrons. The summed E-state index contributed by atoms with van der Waals surface area (Å²) in [5.74, 6) is -0.951. The molecule has 4 nitrogen and oxygen atoms in total. The second-order valence-corrected chi connectivity index (χ2v) is 4.88. The molecule has 0 aromatic heterocycles. The van der Waals surface area contributed by atoms with E-state index in [1.54, 1.807) is 26.0 Å². The lowest BCUT2D eigenvalue weighted by Gasteiger charge is -2.29. The van der Waals surface area contributed by atoms with Gasteiger partial charge < -0.3 is 9.47 Å². The van der Waals surface area contributed by atoms with Gasteiger partial charge in [0.05, 0.1) is 13.2 Å². The van der Waals surface area contributed by atoms with Gasteiger partial charge in [0.25, 0.3) is 0 Å². The zero-order valence-electron chi connectivity index (χ0n) is 13.4. The molecule has 0 spiro atoms. The molecular formula is C17H28O4. The first kappa shape index (κ1) is 19.4. The topological polar surface area (TPSA) is 52.6 Å². The minimum atomic E-state index is -1.20. The number of hydrogen-bond acceptors (Lipinski definition) is 4. The molecule has 0 aliphatic rings. The zero-order valence-corrected chi connectivity index (χ0v) is 13.4. The van der Waals surface area contributed by atoms with E-state index in [9.17, 15) is 9.59 Å². The number of unbranched alkanes of at least 4 members (excludes halogenated alkanes) is 2. The van der Waals surface area contributed by atoms with E-state index in [4.69, 9.17) is 9.47 Å². The lowest BCUT2D eigenvalue weighted by atomic mass is 9.78. The Kier molecular flexibility index (Phi) is 10.3. The van der Waals surface area contributed by atoms with Gasteiger partial charge in [-0.2, -0.15) is 0 Å². The van der Waals surface area contributed by atoms with Crippen molar-refractivity contribution < 1.29 is 19.1 Å². The van der Waals surface area contributed by atoms with Gasteiger partial charge in [-0.1, -0.05) is 12.2 Å². The largest absolute Gasteiger partial charge is 0.465 e. The van der Waals surface area contributed by atoms with E-state index in [2.05, 4.69) is 13.2 Å². The van der Waals surface area contributed by atoms with E-state index < -0.39 is 17.4 Å². The number of carbonyl (C=O) groups is 2. The van der Waals surface area contributed by atoms with Crippen LogP contribution in [0, 0.1) is 5.41 Å². The summed E-state index contributed by atoms with van der Waals surface area (Å²) in [5.41, 5.74) is -1.20. The summed E-state index contributed by atoms with van der Waals surface area (Å²) >= 11 is 0. The van der Waals surface area contributed by atoms with Crippen molar-refractivity contribution in [2.45, 2.75) is 52.4 Å². The van der Waals surface area contributed by atoms with Crippen molar-refractivity contribution >= 4 is 11.9 Å². The van der Waals surface area contributed by atoms with Crippen molar-refractivity contribution in [3.05, 3.63) is 25.3 Å². The van der Waals surface area contributed by atoms with Crippen LogP contribution in [0.25, 0.3) is 0 Å². The summed E-state index contributed by atoms with van der Waals surface area (Å²) in [6.45, 7) is 11.3. The fraction of sp³-hybridized carbons (Fsp3) is 0.647. The standard InChI is InChI=1S/C17H28O4/c1-5-9-11-13-17(14-12-10-6-2,15(18)20-7-3)16(19)21-8-4/h5-6H,1-2,7-14H2,3-4H3. The van der Waals surface area contributed by atoms with E-state index in [1.807, 2.05) is 0 Å². The van der Waals surface area contributed by atoms with Crippen LogP contribution in [0.15, 0.2) is 25.3 Å². The maximum atomic E-state index is 12.4. The Morgan fingerprint density at radius 3 is 1.57 bits per heavy atom. The molecule has 0 atom stereocenters. The Labute approximate surface area is 128 Å². The maximum absolute atomic E-state index is 12.4. The van der Waals surface area contributed by atoms with Crippen LogP contribution in [0.5, 0.6) is 0 Å². The summed E-state index contributed by atoms with van der Waals surface area (Å²) in [6.07, 6.45) is 7.33. The molecule has 0 aliphatic carbocycles. The third kappa shape index (κ3) is 6.15. The van der Waals surface area contributed by atoms with Gasteiger partial charge in [0.1, 0.15) is 0 Å². The minimum absolute atomic E-state index is 0.253. The highest BCUT2D eigenvalue weighted by Crippen LogP contribution is 2.34. The average Bonchev–Trinajstić information content (AvgIpc) is 2.46. The van der Waals surface area contributed by atoms with Crippen LogP contribution >= 0.6 is 0 Å². The molecule has 0 radical (unpaired) electrons. The Hall–Kier alpha value is -1.58. The predicted octanol–water partition coefficient (Wildman–Crippen LogP) is 3.81. The number of ether oxygens (including phenoxy) is 2. The van der Waals surface area contributed by atoms with Gasteiger partial charge in [-0.3, -0.25) is 9.59 Å². The number of allylic oxidation sites excluding steroid dienone is 2. The van der Waals surface area contributed by atoms with E-state index in [0.29, 0.717) is 25.7 Å². The highest BCUT2D eigenvalue weighted by Gasteiger charge is 2.47. The van der Waals surface area contributed by atoms with Gasteiger partial charge in [0, 0.05) is 0 Å². The third-order valence-electron chi connectivity index (χ3n) is 3.36. The Bertz CT molecular complexity index is 313. The van der Waals surface area contributed by atoms with Crippen LogP contribution in [0.2, 0.25) is 0 Å². The SMILES string of the molecule is C=CCCCC(CCCC=C)(C(=O)OCC)C(=O)OCC. The lowest BCUT2D eigenvalue weighted by Crippen LogP contribution is -2.42. The second kappa shape index (κ2) is 11.1. The minimum Gasteiger partial charge on any atom is -0.465 e. The highest BCUT2D eigenvalue weighted by molar-refractivity contribution is 6.00. The summed E-state index contributed by atoms with van der Waals surface area (Å²) < 4.78 is 10.3. The number of rotatable bonds is 12. The molecule has 0 aliphatic heterocycles. The molecule has 0 fully saturated rings. The van der Waals surface area contributed by atoms with E-state index in [-0.39, 0.29) is 13.2 Å². The fourth-order valence-electron chi connectivity index (χ4n) is 2.25. The van der Waals surface area contributed by atoms with Crippen molar-refractivity contribution in [3.63, 3.8) is 0 Å². The Balaban J connectivity index is 5.23. The van der Waals surface area contributed by atoms with Crippen LogP contribution in [-0.2, 0) is 19.1 Å². The van der Waals surface area contributed by atoms with Gasteiger partial charge in [0.15, 0.2) is 5.41 Å². The molecule has 0 rings (SSSR count). The molecule has 21 heavy (non-hydrogen) atoms. The molecule has 0 heterocycles. The first-order valence-corrected chi connectivity index (χ1v) is 7.65. The Morgan fingerprint density at radius 1 is 0.905 bits per heavy atom. The first-order chi connectivity index (χ1) is 10.1. The highest BCUT2D eigenvalue weighted by atomic mass is 16.6. The number of hydrogen-bond donors (Lipinski definition) is 0. The first-order valence-electron chi connectivity index (χ1n) is 7.65. The molecule has 0 unspecified atom stereocenters. The second-order valence-electron chi connectivity index (χ2n) is 4.88. The molecule has 0 saturated carbocycles. The predicted molar refractivity (Wildman–Crippen MR) is 83.8 cm³/mol. The molecular weight excluding hydrogens is 268 g/mol. The van der Waals surface area contributed by atoms with Crippen LogP contribution in [0.4, 0.5) is 0 Å². The smallest absolute Gasteiger partial charge is 0.323 e. The van der Waals surface area contributed by atoms with Gasteiger partial charge in [-0.25, -0.2) is 0 Å². The quantitative estimate of drug-likeness (QED) is 0.238. The molecule has 0 saturated heterocycles. The normalized spacial score (nSPS) is 10.8. The van der Waals surface area contributed by atoms with E-state index in [1.165, 1.54) is 0 Å². The van der Waals surface area contributed by atoms with Gasteiger partial charge in [-0.15, -0.1) is 13.2 Å². The van der Waals surface area contributed by atoms with Crippen molar-refractivity contribution in [3.8, 4) is 0 Å². The van der Waals surface area contributed by atoms with Crippen molar-refractivity contribution in [1.82, 2.24) is 0 Å². The van der Waals surface area contributed by atoms with Crippen LogP contribution in [0.1, 0.15) is 52.4 Å². The average molecular weight is 296 g/mol. The van der Waals surface area contributed by atoms with E-state index >= 15 is 0 Å². The zero-order chi connectivity index (χ0) is 16.1.